The first-order valence-electron chi connectivity index (χ1n) is 4.09. The van der Waals surface area contributed by atoms with E-state index in [0.29, 0.717) is 6.54 Å². The highest BCUT2D eigenvalue weighted by atomic mass is 19.3. The molecule has 0 atom stereocenters. The van der Waals surface area contributed by atoms with Crippen molar-refractivity contribution in [3.63, 3.8) is 0 Å². The van der Waals surface area contributed by atoms with Crippen LogP contribution in [0.15, 0.2) is 12.3 Å². The van der Waals surface area contributed by atoms with Gasteiger partial charge in [0.05, 0.1) is 6.42 Å². The molecule has 0 fully saturated rings. The van der Waals surface area contributed by atoms with Crippen LogP contribution in [0.2, 0.25) is 0 Å². The van der Waals surface area contributed by atoms with Gasteiger partial charge in [0.1, 0.15) is 0 Å². The van der Waals surface area contributed by atoms with Crippen LogP contribution >= 0.6 is 0 Å². The molecule has 1 rings (SSSR count). The number of carbonyl (C=O) groups is 1. The second kappa shape index (κ2) is 3.73. The summed E-state index contributed by atoms with van der Waals surface area (Å²) < 4.78 is 26.9. The fourth-order valence-corrected chi connectivity index (χ4v) is 1.10. The number of halogens is 2. The van der Waals surface area contributed by atoms with Crippen molar-refractivity contribution in [1.29, 1.82) is 0 Å². The zero-order chi connectivity index (χ0) is 10.8. The van der Waals surface area contributed by atoms with Gasteiger partial charge in [0.2, 0.25) is 0 Å². The minimum atomic E-state index is -3.73. The number of hydrogen-bond donors (Lipinski definition) is 1. The first-order chi connectivity index (χ1) is 6.47. The Morgan fingerprint density at radius 1 is 1.71 bits per heavy atom. The van der Waals surface area contributed by atoms with Crippen molar-refractivity contribution in [1.82, 2.24) is 9.78 Å². The van der Waals surface area contributed by atoms with Gasteiger partial charge in [-0.05, 0) is 13.0 Å². The number of rotatable bonds is 4. The SMILES string of the molecule is CCn1nccc1CC(F)(F)C(=O)O. The highest BCUT2D eigenvalue weighted by Crippen LogP contribution is 2.19. The average molecular weight is 204 g/mol. The average Bonchev–Trinajstić information content (AvgIpc) is 2.50. The van der Waals surface area contributed by atoms with Gasteiger partial charge in [-0.25, -0.2) is 4.79 Å². The van der Waals surface area contributed by atoms with E-state index in [2.05, 4.69) is 5.10 Å². The summed E-state index contributed by atoms with van der Waals surface area (Å²) in [5.74, 6) is -5.84. The first kappa shape index (κ1) is 10.6. The van der Waals surface area contributed by atoms with E-state index >= 15 is 0 Å². The molecule has 6 heteroatoms. The zero-order valence-electron chi connectivity index (χ0n) is 7.57. The Morgan fingerprint density at radius 2 is 2.36 bits per heavy atom. The van der Waals surface area contributed by atoms with Crippen LogP contribution in [-0.2, 0) is 17.8 Å². The van der Waals surface area contributed by atoms with Gasteiger partial charge in [0.25, 0.3) is 0 Å². The van der Waals surface area contributed by atoms with Crippen LogP contribution in [0.3, 0.4) is 0 Å². The molecular weight excluding hydrogens is 194 g/mol. The number of aryl methyl sites for hydroxylation is 1. The van der Waals surface area contributed by atoms with Crippen molar-refractivity contribution in [2.75, 3.05) is 0 Å². The molecule has 0 aliphatic carbocycles. The molecule has 78 valence electrons. The van der Waals surface area contributed by atoms with E-state index in [1.54, 1.807) is 6.92 Å². The fraction of sp³-hybridized carbons (Fsp3) is 0.500. The quantitative estimate of drug-likeness (QED) is 0.800. The summed E-state index contributed by atoms with van der Waals surface area (Å²) in [6, 6.07) is 1.39. The van der Waals surface area contributed by atoms with Crippen LogP contribution in [-0.4, -0.2) is 26.8 Å². The lowest BCUT2D eigenvalue weighted by Gasteiger charge is -2.11. The van der Waals surface area contributed by atoms with E-state index in [1.165, 1.54) is 16.9 Å². The van der Waals surface area contributed by atoms with Crippen LogP contribution in [0.4, 0.5) is 8.78 Å². The molecule has 0 spiro atoms. The zero-order valence-corrected chi connectivity index (χ0v) is 7.57. The van der Waals surface area contributed by atoms with Crippen molar-refractivity contribution >= 4 is 5.97 Å². The molecular formula is C8H10F2N2O2. The first-order valence-corrected chi connectivity index (χ1v) is 4.09. The topological polar surface area (TPSA) is 55.1 Å². The van der Waals surface area contributed by atoms with E-state index in [-0.39, 0.29) is 5.69 Å². The van der Waals surface area contributed by atoms with Crippen molar-refractivity contribution in [3.05, 3.63) is 18.0 Å². The molecule has 0 saturated heterocycles. The van der Waals surface area contributed by atoms with E-state index in [1.807, 2.05) is 0 Å². The number of aliphatic carboxylic acids is 1. The van der Waals surface area contributed by atoms with E-state index < -0.39 is 18.3 Å². The summed E-state index contributed by atoms with van der Waals surface area (Å²) in [7, 11) is 0. The normalized spacial score (nSPS) is 11.6. The summed E-state index contributed by atoms with van der Waals surface area (Å²) in [5, 5.41) is 12.0. The summed E-state index contributed by atoms with van der Waals surface area (Å²) in [6.45, 7) is 2.19. The molecule has 14 heavy (non-hydrogen) atoms. The Morgan fingerprint density at radius 3 is 2.86 bits per heavy atom. The molecule has 0 aliphatic heterocycles. The van der Waals surface area contributed by atoms with Gasteiger partial charge < -0.3 is 5.11 Å². The van der Waals surface area contributed by atoms with Crippen molar-refractivity contribution in [3.8, 4) is 0 Å². The molecule has 0 unspecified atom stereocenters. The van der Waals surface area contributed by atoms with Crippen LogP contribution in [0.5, 0.6) is 0 Å². The number of nitrogens with zero attached hydrogens (tertiary/aromatic N) is 2. The predicted octanol–water partition coefficient (Wildman–Crippen LogP) is 1.17. The summed E-state index contributed by atoms with van der Waals surface area (Å²) in [5.41, 5.74) is 0.222. The third-order valence-electron chi connectivity index (χ3n) is 1.82. The van der Waals surface area contributed by atoms with Crippen LogP contribution in [0.1, 0.15) is 12.6 Å². The van der Waals surface area contributed by atoms with E-state index in [0.717, 1.165) is 0 Å². The molecule has 0 bridgehead atoms. The predicted molar refractivity (Wildman–Crippen MR) is 44.2 cm³/mol. The molecule has 0 aliphatic rings. The van der Waals surface area contributed by atoms with Gasteiger partial charge in [-0.3, -0.25) is 4.68 Å². The van der Waals surface area contributed by atoms with E-state index in [9.17, 15) is 13.6 Å². The molecule has 0 radical (unpaired) electrons. The van der Waals surface area contributed by atoms with Crippen LogP contribution < -0.4 is 0 Å². The Bertz CT molecular complexity index is 336. The van der Waals surface area contributed by atoms with Gasteiger partial charge in [0, 0.05) is 18.4 Å². The lowest BCUT2D eigenvalue weighted by molar-refractivity contribution is -0.164. The number of alkyl halides is 2. The van der Waals surface area contributed by atoms with Gasteiger partial charge >= 0.3 is 11.9 Å². The summed E-state index contributed by atoms with van der Waals surface area (Å²) in [6.07, 6.45) is 0.549. The molecule has 0 amide bonds. The molecule has 1 aromatic heterocycles. The van der Waals surface area contributed by atoms with Crippen LogP contribution in [0.25, 0.3) is 0 Å². The lowest BCUT2D eigenvalue weighted by Crippen LogP contribution is -2.31. The molecule has 1 N–H and O–H groups in total. The largest absolute Gasteiger partial charge is 0.477 e. The molecule has 1 heterocycles. The van der Waals surface area contributed by atoms with Gasteiger partial charge in [0.15, 0.2) is 0 Å². The Labute approximate surface area is 79.2 Å². The third kappa shape index (κ3) is 2.07. The summed E-state index contributed by atoms with van der Waals surface area (Å²) in [4.78, 5) is 10.2. The smallest absolute Gasteiger partial charge is 0.374 e. The number of carboxylic acids is 1. The van der Waals surface area contributed by atoms with Crippen molar-refractivity contribution in [2.45, 2.75) is 25.8 Å². The minimum Gasteiger partial charge on any atom is -0.477 e. The maximum Gasteiger partial charge on any atom is 0.374 e. The maximum atomic E-state index is 12.8. The Kier molecular flexibility index (Phi) is 2.83. The second-order valence-electron chi connectivity index (χ2n) is 2.82. The molecule has 0 saturated carbocycles. The van der Waals surface area contributed by atoms with Gasteiger partial charge in [-0.2, -0.15) is 13.9 Å². The van der Waals surface area contributed by atoms with Crippen molar-refractivity contribution < 1.29 is 18.7 Å². The highest BCUT2D eigenvalue weighted by molar-refractivity contribution is 5.75. The number of carboxylic acid groups (broad SMARTS) is 1. The monoisotopic (exact) mass is 204 g/mol. The number of hydrogen-bond acceptors (Lipinski definition) is 2. The van der Waals surface area contributed by atoms with Crippen LogP contribution in [0, 0.1) is 0 Å². The lowest BCUT2D eigenvalue weighted by atomic mass is 10.2. The second-order valence-corrected chi connectivity index (χ2v) is 2.82. The van der Waals surface area contributed by atoms with Gasteiger partial charge in [-0.15, -0.1) is 0 Å². The third-order valence-corrected chi connectivity index (χ3v) is 1.82. The summed E-state index contributed by atoms with van der Waals surface area (Å²) >= 11 is 0. The van der Waals surface area contributed by atoms with E-state index in [4.69, 9.17) is 5.11 Å². The Balaban J connectivity index is 2.83. The minimum absolute atomic E-state index is 0.222. The molecule has 1 aromatic rings. The van der Waals surface area contributed by atoms with Crippen molar-refractivity contribution in [2.24, 2.45) is 0 Å². The highest BCUT2D eigenvalue weighted by Gasteiger charge is 2.39. The van der Waals surface area contributed by atoms with Gasteiger partial charge in [-0.1, -0.05) is 0 Å². The molecule has 0 aromatic carbocycles. The number of aromatic nitrogens is 2. The fourth-order valence-electron chi connectivity index (χ4n) is 1.10. The Hall–Kier alpha value is -1.46. The standard InChI is InChI=1S/C8H10F2N2O2/c1-2-12-6(3-4-11-12)5-8(9,10)7(13)14/h3-4H,2,5H2,1H3,(H,13,14). The maximum absolute atomic E-state index is 12.8. The molecule has 4 nitrogen and oxygen atoms in total.